The fourth-order valence-corrected chi connectivity index (χ4v) is 2.80. The van der Waals surface area contributed by atoms with Gasteiger partial charge in [0.2, 0.25) is 0 Å². The third-order valence-corrected chi connectivity index (χ3v) is 3.76. The molecule has 1 N–H and O–H groups in total. The molecule has 2 nitrogen and oxygen atoms in total. The number of methoxy groups -OCH3 is 1. The van der Waals surface area contributed by atoms with Crippen LogP contribution in [0.25, 0.3) is 0 Å². The van der Waals surface area contributed by atoms with Crippen molar-refractivity contribution in [2.75, 3.05) is 14.2 Å². The van der Waals surface area contributed by atoms with E-state index in [1.807, 2.05) is 7.05 Å². The second-order valence-electron chi connectivity index (χ2n) is 4.00. The molecule has 0 aromatic carbocycles. The summed E-state index contributed by atoms with van der Waals surface area (Å²) < 4.78 is 5.51. The Kier molecular flexibility index (Phi) is 3.70. The molecule has 3 heteroatoms. The molecular weight excluding hydrogens is 194 g/mol. The van der Waals surface area contributed by atoms with Gasteiger partial charge in [0.25, 0.3) is 0 Å². The third-order valence-electron chi connectivity index (χ3n) is 2.67. The predicted molar refractivity (Wildman–Crippen MR) is 61.9 cm³/mol. The molecule has 0 amide bonds. The average Bonchev–Trinajstić information content (AvgIpc) is 2.53. The summed E-state index contributed by atoms with van der Waals surface area (Å²) >= 11 is 1.78. The predicted octanol–water partition coefficient (Wildman–Crippen LogP) is 2.74. The summed E-state index contributed by atoms with van der Waals surface area (Å²) in [5.41, 5.74) is 1.16. The Morgan fingerprint density at radius 1 is 1.50 bits per heavy atom. The van der Waals surface area contributed by atoms with Crippen LogP contribution in [0.4, 0.5) is 0 Å². The van der Waals surface area contributed by atoms with Crippen LogP contribution in [0.5, 0.6) is 0 Å². The van der Waals surface area contributed by atoms with Gasteiger partial charge in [0.15, 0.2) is 0 Å². The van der Waals surface area contributed by atoms with E-state index in [9.17, 15) is 0 Å². The molecule has 1 unspecified atom stereocenters. The number of rotatable bonds is 4. The highest BCUT2D eigenvalue weighted by atomic mass is 32.1. The first kappa shape index (κ1) is 11.7. The van der Waals surface area contributed by atoms with E-state index in [-0.39, 0.29) is 11.6 Å². The highest BCUT2D eigenvalue weighted by molar-refractivity contribution is 7.10. The molecule has 1 aromatic rings. The second-order valence-corrected chi connectivity index (χ2v) is 4.94. The van der Waals surface area contributed by atoms with E-state index in [1.165, 1.54) is 10.4 Å². The number of aryl methyl sites for hydroxylation is 1. The molecule has 0 fully saturated rings. The van der Waals surface area contributed by atoms with Gasteiger partial charge in [0.1, 0.15) is 0 Å². The van der Waals surface area contributed by atoms with Gasteiger partial charge < -0.3 is 10.1 Å². The minimum Gasteiger partial charge on any atom is -0.377 e. The monoisotopic (exact) mass is 213 g/mol. The normalized spacial score (nSPS) is 14.4. The third kappa shape index (κ3) is 2.16. The summed E-state index contributed by atoms with van der Waals surface area (Å²) in [6.07, 6.45) is 0. The molecule has 0 bridgehead atoms. The zero-order chi connectivity index (χ0) is 10.8. The Hall–Kier alpha value is -0.380. The molecule has 0 radical (unpaired) electrons. The maximum atomic E-state index is 5.51. The summed E-state index contributed by atoms with van der Waals surface area (Å²) in [5.74, 6) is 0. The number of ether oxygens (including phenoxy) is 1. The van der Waals surface area contributed by atoms with Crippen molar-refractivity contribution in [3.63, 3.8) is 0 Å². The van der Waals surface area contributed by atoms with E-state index in [4.69, 9.17) is 4.74 Å². The van der Waals surface area contributed by atoms with E-state index in [2.05, 4.69) is 37.5 Å². The lowest BCUT2D eigenvalue weighted by Gasteiger charge is -2.32. The standard InChI is InChI=1S/C11H19NOS/c1-8-6-7-14-9(8)10(12-4)11(2,3)13-5/h6-7,10,12H,1-5H3. The van der Waals surface area contributed by atoms with E-state index in [0.717, 1.165) is 0 Å². The van der Waals surface area contributed by atoms with Crippen molar-refractivity contribution in [2.45, 2.75) is 32.4 Å². The lowest BCUT2D eigenvalue weighted by atomic mass is 9.95. The molecule has 0 saturated heterocycles. The van der Waals surface area contributed by atoms with E-state index in [1.54, 1.807) is 18.4 Å². The van der Waals surface area contributed by atoms with Gasteiger partial charge in [0, 0.05) is 12.0 Å². The van der Waals surface area contributed by atoms with Gasteiger partial charge in [-0.25, -0.2) is 0 Å². The summed E-state index contributed by atoms with van der Waals surface area (Å²) in [5, 5.41) is 5.45. The van der Waals surface area contributed by atoms with Crippen molar-refractivity contribution in [3.8, 4) is 0 Å². The first-order chi connectivity index (χ1) is 6.53. The quantitative estimate of drug-likeness (QED) is 0.830. The van der Waals surface area contributed by atoms with Gasteiger partial charge in [-0.3, -0.25) is 0 Å². The van der Waals surface area contributed by atoms with Crippen LogP contribution < -0.4 is 5.32 Å². The van der Waals surface area contributed by atoms with Crippen molar-refractivity contribution < 1.29 is 4.74 Å². The number of nitrogens with one attached hydrogen (secondary N) is 1. The minimum absolute atomic E-state index is 0.176. The van der Waals surface area contributed by atoms with Crippen molar-refractivity contribution >= 4 is 11.3 Å². The van der Waals surface area contributed by atoms with Crippen LogP contribution in [0.15, 0.2) is 11.4 Å². The minimum atomic E-state index is -0.176. The summed E-state index contributed by atoms with van der Waals surface area (Å²) in [6, 6.07) is 2.41. The van der Waals surface area contributed by atoms with E-state index < -0.39 is 0 Å². The average molecular weight is 213 g/mol. The summed E-state index contributed by atoms with van der Waals surface area (Å²) in [4.78, 5) is 1.36. The molecule has 0 spiro atoms. The number of thiophene rings is 1. The zero-order valence-electron chi connectivity index (χ0n) is 9.55. The molecule has 0 aliphatic heterocycles. The Bertz CT molecular complexity index is 293. The van der Waals surface area contributed by atoms with Crippen molar-refractivity contribution in [1.29, 1.82) is 0 Å². The van der Waals surface area contributed by atoms with Gasteiger partial charge in [-0.2, -0.15) is 0 Å². The highest BCUT2D eigenvalue weighted by Crippen LogP contribution is 2.33. The molecule has 14 heavy (non-hydrogen) atoms. The molecule has 1 rings (SSSR count). The molecule has 80 valence electrons. The summed E-state index contributed by atoms with van der Waals surface area (Å²) in [7, 11) is 3.73. The molecule has 0 saturated carbocycles. The van der Waals surface area contributed by atoms with Crippen LogP contribution in [-0.2, 0) is 4.74 Å². The van der Waals surface area contributed by atoms with Gasteiger partial charge >= 0.3 is 0 Å². The number of hydrogen-bond donors (Lipinski definition) is 1. The number of likely N-dealkylation sites (N-methyl/N-ethyl adjacent to an activating group) is 1. The summed E-state index contributed by atoms with van der Waals surface area (Å²) in [6.45, 7) is 6.35. The van der Waals surface area contributed by atoms with Crippen LogP contribution in [0, 0.1) is 6.92 Å². The molecular formula is C11H19NOS. The largest absolute Gasteiger partial charge is 0.377 e. The molecule has 0 aliphatic rings. The first-order valence-electron chi connectivity index (χ1n) is 4.79. The Balaban J connectivity index is 2.99. The molecule has 1 aromatic heterocycles. The van der Waals surface area contributed by atoms with Gasteiger partial charge in [0.05, 0.1) is 11.6 Å². The van der Waals surface area contributed by atoms with Crippen molar-refractivity contribution in [1.82, 2.24) is 5.32 Å². The van der Waals surface area contributed by atoms with Crippen molar-refractivity contribution in [2.24, 2.45) is 0 Å². The van der Waals surface area contributed by atoms with E-state index in [0.29, 0.717) is 0 Å². The molecule has 1 heterocycles. The Morgan fingerprint density at radius 2 is 2.14 bits per heavy atom. The Morgan fingerprint density at radius 3 is 2.50 bits per heavy atom. The fraction of sp³-hybridized carbons (Fsp3) is 0.636. The van der Waals surface area contributed by atoms with Gasteiger partial charge in [-0.15, -0.1) is 11.3 Å². The number of hydrogen-bond acceptors (Lipinski definition) is 3. The lowest BCUT2D eigenvalue weighted by Crippen LogP contribution is -2.39. The van der Waals surface area contributed by atoms with Crippen LogP contribution in [0.3, 0.4) is 0 Å². The lowest BCUT2D eigenvalue weighted by molar-refractivity contribution is -0.00816. The van der Waals surface area contributed by atoms with Crippen LogP contribution in [-0.4, -0.2) is 19.8 Å². The SMILES string of the molecule is CNC(c1sccc1C)C(C)(C)OC. The smallest absolute Gasteiger partial charge is 0.0824 e. The van der Waals surface area contributed by atoms with Crippen LogP contribution in [0.1, 0.15) is 30.3 Å². The first-order valence-corrected chi connectivity index (χ1v) is 5.67. The second kappa shape index (κ2) is 4.43. The molecule has 0 aliphatic carbocycles. The molecule has 1 atom stereocenters. The maximum Gasteiger partial charge on any atom is 0.0824 e. The topological polar surface area (TPSA) is 21.3 Å². The van der Waals surface area contributed by atoms with Crippen molar-refractivity contribution in [3.05, 3.63) is 21.9 Å². The van der Waals surface area contributed by atoms with Gasteiger partial charge in [-0.1, -0.05) is 0 Å². The van der Waals surface area contributed by atoms with Crippen LogP contribution in [0.2, 0.25) is 0 Å². The van der Waals surface area contributed by atoms with Gasteiger partial charge in [-0.05, 0) is 44.8 Å². The van der Waals surface area contributed by atoms with E-state index >= 15 is 0 Å². The Labute approximate surface area is 90.3 Å². The maximum absolute atomic E-state index is 5.51. The highest BCUT2D eigenvalue weighted by Gasteiger charge is 2.31. The zero-order valence-corrected chi connectivity index (χ0v) is 10.4. The van der Waals surface area contributed by atoms with Crippen LogP contribution >= 0.6 is 11.3 Å². The fourth-order valence-electron chi connectivity index (χ4n) is 1.59.